The number of nitrogens with one attached hydrogen (secondary N) is 1. The molecule has 1 fully saturated rings. The maximum absolute atomic E-state index is 14.7. The van der Waals surface area contributed by atoms with E-state index in [2.05, 4.69) is 27.3 Å². The molecule has 7 heteroatoms. The van der Waals surface area contributed by atoms with Gasteiger partial charge in [0.1, 0.15) is 23.0 Å². The predicted octanol–water partition coefficient (Wildman–Crippen LogP) is 5.68. The molecule has 1 aliphatic heterocycles. The third-order valence-electron chi connectivity index (χ3n) is 5.47. The van der Waals surface area contributed by atoms with Crippen LogP contribution >= 0.6 is 11.6 Å². The number of pyridine rings is 1. The first-order chi connectivity index (χ1) is 15.1. The molecule has 2 aromatic carbocycles. The molecule has 0 amide bonds. The van der Waals surface area contributed by atoms with Crippen LogP contribution in [-0.2, 0) is 4.74 Å². The van der Waals surface area contributed by atoms with Crippen molar-refractivity contribution in [2.75, 3.05) is 36.5 Å². The molecule has 0 saturated carbocycles. The van der Waals surface area contributed by atoms with Gasteiger partial charge in [0.15, 0.2) is 0 Å². The zero-order valence-electron chi connectivity index (χ0n) is 17.1. The van der Waals surface area contributed by atoms with E-state index in [0.29, 0.717) is 22.2 Å². The van der Waals surface area contributed by atoms with Crippen LogP contribution in [0.25, 0.3) is 16.9 Å². The number of aromatic nitrogens is 2. The van der Waals surface area contributed by atoms with Crippen molar-refractivity contribution in [3.05, 3.63) is 77.2 Å². The van der Waals surface area contributed by atoms with Gasteiger partial charge >= 0.3 is 0 Å². The van der Waals surface area contributed by atoms with Gasteiger partial charge in [-0.05, 0) is 55.0 Å². The first-order valence-corrected chi connectivity index (χ1v) is 10.6. The average Bonchev–Trinajstić information content (AvgIpc) is 3.12. The maximum atomic E-state index is 14.7. The Kier molecular flexibility index (Phi) is 5.26. The summed E-state index contributed by atoms with van der Waals surface area (Å²) in [6.07, 6.45) is 1.98. The second-order valence-electron chi connectivity index (χ2n) is 7.61. The third-order valence-corrected chi connectivity index (χ3v) is 5.79. The topological polar surface area (TPSA) is 41.8 Å². The van der Waals surface area contributed by atoms with E-state index in [9.17, 15) is 4.39 Å². The molecule has 158 valence electrons. The largest absolute Gasteiger partial charge is 0.378 e. The van der Waals surface area contributed by atoms with Gasteiger partial charge in [-0.3, -0.25) is 4.40 Å². The highest BCUT2D eigenvalue weighted by Gasteiger charge is 2.20. The highest BCUT2D eigenvalue weighted by molar-refractivity contribution is 6.33. The molecule has 2 aromatic heterocycles. The van der Waals surface area contributed by atoms with E-state index in [1.165, 1.54) is 6.07 Å². The van der Waals surface area contributed by atoms with Gasteiger partial charge in [-0.15, -0.1) is 0 Å². The summed E-state index contributed by atoms with van der Waals surface area (Å²) >= 11 is 6.37. The molecule has 0 unspecified atom stereocenters. The van der Waals surface area contributed by atoms with Crippen LogP contribution in [0.2, 0.25) is 5.02 Å². The normalized spacial score (nSPS) is 14.2. The zero-order valence-corrected chi connectivity index (χ0v) is 17.9. The SMILES string of the molecule is Cc1ccc2nc(-c3c(F)cccc3Cl)c(Nc3ccc(N4CCOCC4)cc3)n2c1. The Labute approximate surface area is 185 Å². The fourth-order valence-electron chi connectivity index (χ4n) is 3.88. The Hall–Kier alpha value is -3.09. The number of anilines is 3. The smallest absolute Gasteiger partial charge is 0.143 e. The van der Waals surface area contributed by atoms with Crippen LogP contribution in [0, 0.1) is 12.7 Å². The highest BCUT2D eigenvalue weighted by Crippen LogP contribution is 2.37. The monoisotopic (exact) mass is 436 g/mol. The summed E-state index contributed by atoms with van der Waals surface area (Å²) in [5.41, 5.74) is 4.59. The van der Waals surface area contributed by atoms with E-state index >= 15 is 0 Å². The molecule has 5 rings (SSSR count). The van der Waals surface area contributed by atoms with E-state index < -0.39 is 5.82 Å². The number of aryl methyl sites for hydroxylation is 1. The Morgan fingerprint density at radius 2 is 1.81 bits per heavy atom. The van der Waals surface area contributed by atoms with E-state index in [0.717, 1.165) is 43.2 Å². The highest BCUT2D eigenvalue weighted by atomic mass is 35.5. The van der Waals surface area contributed by atoms with Gasteiger partial charge < -0.3 is 15.0 Å². The molecule has 4 aromatic rings. The molecule has 31 heavy (non-hydrogen) atoms. The Morgan fingerprint density at radius 1 is 1.03 bits per heavy atom. The second-order valence-corrected chi connectivity index (χ2v) is 8.02. The lowest BCUT2D eigenvalue weighted by molar-refractivity contribution is 0.122. The zero-order chi connectivity index (χ0) is 21.4. The van der Waals surface area contributed by atoms with Crippen molar-refractivity contribution in [2.24, 2.45) is 0 Å². The molecule has 0 bridgehead atoms. The van der Waals surface area contributed by atoms with Gasteiger partial charge in [-0.1, -0.05) is 23.7 Å². The van der Waals surface area contributed by atoms with Crippen molar-refractivity contribution in [3.63, 3.8) is 0 Å². The molecule has 3 heterocycles. The molecule has 1 N–H and O–H groups in total. The second kappa shape index (κ2) is 8.21. The lowest BCUT2D eigenvalue weighted by Crippen LogP contribution is -2.36. The quantitative estimate of drug-likeness (QED) is 0.446. The number of benzene rings is 2. The first-order valence-electron chi connectivity index (χ1n) is 10.2. The molecule has 5 nitrogen and oxygen atoms in total. The summed E-state index contributed by atoms with van der Waals surface area (Å²) in [5, 5.41) is 3.76. The van der Waals surface area contributed by atoms with E-state index in [1.807, 2.05) is 41.8 Å². The lowest BCUT2D eigenvalue weighted by atomic mass is 10.1. The van der Waals surface area contributed by atoms with Crippen LogP contribution in [0.5, 0.6) is 0 Å². The van der Waals surface area contributed by atoms with Crippen molar-refractivity contribution in [1.29, 1.82) is 0 Å². The number of hydrogen-bond acceptors (Lipinski definition) is 4. The number of ether oxygens (including phenoxy) is 1. The molecule has 0 aliphatic carbocycles. The van der Waals surface area contributed by atoms with Crippen LogP contribution in [0.3, 0.4) is 0 Å². The number of imidazole rings is 1. The van der Waals surface area contributed by atoms with E-state index in [-0.39, 0.29) is 5.56 Å². The van der Waals surface area contributed by atoms with Crippen LogP contribution in [0.15, 0.2) is 60.8 Å². The summed E-state index contributed by atoms with van der Waals surface area (Å²) in [4.78, 5) is 6.99. The molecule has 0 spiro atoms. The molecule has 0 atom stereocenters. The summed E-state index contributed by atoms with van der Waals surface area (Å²) in [6.45, 7) is 5.27. The standard InChI is InChI=1S/C24H22ClFN4O/c1-16-5-10-21-28-23(22-19(25)3-2-4-20(22)26)24(30(21)15-16)27-17-6-8-18(9-7-17)29-11-13-31-14-12-29/h2-10,15,27H,11-14H2,1H3. The molecular formula is C24H22ClFN4O. The number of morpholine rings is 1. The van der Waals surface area contributed by atoms with Gasteiger partial charge in [-0.2, -0.15) is 0 Å². The van der Waals surface area contributed by atoms with Crippen molar-refractivity contribution < 1.29 is 9.13 Å². The fraction of sp³-hybridized carbons (Fsp3) is 0.208. The van der Waals surface area contributed by atoms with Crippen molar-refractivity contribution in [3.8, 4) is 11.3 Å². The van der Waals surface area contributed by atoms with Crippen molar-refractivity contribution in [1.82, 2.24) is 9.38 Å². The Morgan fingerprint density at radius 3 is 2.55 bits per heavy atom. The van der Waals surface area contributed by atoms with Gasteiger partial charge in [0.2, 0.25) is 0 Å². The van der Waals surface area contributed by atoms with Crippen molar-refractivity contribution >= 4 is 34.4 Å². The molecular weight excluding hydrogens is 415 g/mol. The number of fused-ring (bicyclic) bond motifs is 1. The van der Waals surface area contributed by atoms with Gasteiger partial charge in [0.25, 0.3) is 0 Å². The number of rotatable bonds is 4. The summed E-state index contributed by atoms with van der Waals surface area (Å²) in [5.74, 6) is 0.267. The Balaban J connectivity index is 1.56. The number of nitrogens with zero attached hydrogens (tertiary/aromatic N) is 3. The summed E-state index contributed by atoms with van der Waals surface area (Å²) in [6, 6.07) is 16.8. The first kappa shape index (κ1) is 19.8. The third kappa shape index (κ3) is 3.84. The average molecular weight is 437 g/mol. The minimum atomic E-state index is -0.404. The molecule has 1 aliphatic rings. The minimum absolute atomic E-state index is 0.290. The minimum Gasteiger partial charge on any atom is -0.378 e. The van der Waals surface area contributed by atoms with Gasteiger partial charge in [0.05, 0.1) is 23.8 Å². The molecule has 1 saturated heterocycles. The summed E-state index contributed by atoms with van der Waals surface area (Å²) < 4.78 is 22.1. The predicted molar refractivity (Wildman–Crippen MR) is 123 cm³/mol. The summed E-state index contributed by atoms with van der Waals surface area (Å²) in [7, 11) is 0. The van der Waals surface area contributed by atoms with Gasteiger partial charge in [-0.25, -0.2) is 9.37 Å². The van der Waals surface area contributed by atoms with Crippen LogP contribution in [0.1, 0.15) is 5.56 Å². The van der Waals surface area contributed by atoms with Crippen LogP contribution < -0.4 is 10.2 Å². The fourth-order valence-corrected chi connectivity index (χ4v) is 4.14. The van der Waals surface area contributed by atoms with Crippen LogP contribution in [0.4, 0.5) is 21.6 Å². The number of halogens is 2. The lowest BCUT2D eigenvalue weighted by Gasteiger charge is -2.29. The molecule has 0 radical (unpaired) electrons. The van der Waals surface area contributed by atoms with Crippen LogP contribution in [-0.4, -0.2) is 35.7 Å². The Bertz CT molecular complexity index is 1210. The van der Waals surface area contributed by atoms with E-state index in [1.54, 1.807) is 12.1 Å². The van der Waals surface area contributed by atoms with E-state index in [4.69, 9.17) is 16.3 Å². The number of hydrogen-bond donors (Lipinski definition) is 1. The van der Waals surface area contributed by atoms with Crippen molar-refractivity contribution in [2.45, 2.75) is 6.92 Å². The van der Waals surface area contributed by atoms with Gasteiger partial charge in [0, 0.05) is 30.7 Å². The maximum Gasteiger partial charge on any atom is 0.143 e.